The van der Waals surface area contributed by atoms with Crippen LogP contribution >= 0.6 is 10.7 Å². The van der Waals surface area contributed by atoms with Gasteiger partial charge in [0.05, 0.1) is 11.0 Å². The van der Waals surface area contributed by atoms with E-state index in [-0.39, 0.29) is 6.07 Å². The molecule has 0 aliphatic heterocycles. The largest absolute Gasteiger partial charge is 0.311 e. The van der Waals surface area contributed by atoms with Crippen molar-refractivity contribution >= 4 is 25.4 Å². The molecule has 0 saturated heterocycles. The lowest BCUT2D eigenvalue weighted by molar-refractivity contribution is -0.386. The Morgan fingerprint density at radius 2 is 2.00 bits per heavy atom. The Balaban J connectivity index is 3.83. The van der Waals surface area contributed by atoms with E-state index in [2.05, 4.69) is 0 Å². The van der Waals surface area contributed by atoms with Gasteiger partial charge in [0.2, 0.25) is 0 Å². The SMILES string of the molecule is O=c1cc([N+](=O)[O-])c(C(F)F)c(S(=O)(=O)Cl)[nH]1. The van der Waals surface area contributed by atoms with Gasteiger partial charge in [-0.05, 0) is 0 Å². The molecule has 1 aromatic rings. The Labute approximate surface area is 96.6 Å². The number of rotatable bonds is 3. The maximum Gasteiger partial charge on any atom is 0.286 e. The smallest absolute Gasteiger partial charge is 0.286 e. The molecule has 0 spiro atoms. The fourth-order valence-corrected chi connectivity index (χ4v) is 2.13. The quantitative estimate of drug-likeness (QED) is 0.509. The van der Waals surface area contributed by atoms with Gasteiger partial charge in [-0.3, -0.25) is 14.9 Å². The van der Waals surface area contributed by atoms with Crippen LogP contribution < -0.4 is 5.56 Å². The molecule has 0 unspecified atom stereocenters. The zero-order valence-corrected chi connectivity index (χ0v) is 9.26. The van der Waals surface area contributed by atoms with Gasteiger partial charge in [0.15, 0.2) is 5.03 Å². The summed E-state index contributed by atoms with van der Waals surface area (Å²) in [5.41, 5.74) is -3.96. The first-order valence-electron chi connectivity index (χ1n) is 3.79. The molecule has 0 aliphatic carbocycles. The van der Waals surface area contributed by atoms with Crippen LogP contribution in [0.4, 0.5) is 14.5 Å². The van der Waals surface area contributed by atoms with Crippen molar-refractivity contribution in [1.82, 2.24) is 4.98 Å². The van der Waals surface area contributed by atoms with Gasteiger partial charge in [0.1, 0.15) is 5.56 Å². The molecular formula is C6H3ClF2N2O5S. The summed E-state index contributed by atoms with van der Waals surface area (Å²) in [6.07, 6.45) is -3.48. The molecule has 0 bridgehead atoms. The first-order chi connectivity index (χ1) is 7.64. The molecule has 17 heavy (non-hydrogen) atoms. The lowest BCUT2D eigenvalue weighted by Crippen LogP contribution is -2.15. The van der Waals surface area contributed by atoms with Crippen molar-refractivity contribution in [3.05, 3.63) is 32.1 Å². The van der Waals surface area contributed by atoms with Crippen LogP contribution in [0.25, 0.3) is 0 Å². The first-order valence-corrected chi connectivity index (χ1v) is 6.10. The number of pyridine rings is 1. The average molecular weight is 289 g/mol. The minimum Gasteiger partial charge on any atom is -0.311 e. The van der Waals surface area contributed by atoms with E-state index in [0.717, 1.165) is 0 Å². The van der Waals surface area contributed by atoms with Crippen LogP contribution in [0, 0.1) is 10.1 Å². The summed E-state index contributed by atoms with van der Waals surface area (Å²) in [6.45, 7) is 0. The highest BCUT2D eigenvalue weighted by molar-refractivity contribution is 8.13. The highest BCUT2D eigenvalue weighted by Crippen LogP contribution is 2.33. The molecule has 0 aromatic carbocycles. The van der Waals surface area contributed by atoms with E-state index in [1.165, 1.54) is 4.98 Å². The summed E-state index contributed by atoms with van der Waals surface area (Å²) in [5, 5.41) is 9.07. The summed E-state index contributed by atoms with van der Waals surface area (Å²) >= 11 is 0. The molecule has 0 aliphatic rings. The number of hydrogen-bond donors (Lipinski definition) is 1. The number of nitrogens with one attached hydrogen (secondary N) is 1. The van der Waals surface area contributed by atoms with Gasteiger partial charge in [-0.25, -0.2) is 17.2 Å². The highest BCUT2D eigenvalue weighted by atomic mass is 35.7. The Kier molecular flexibility index (Phi) is 3.48. The van der Waals surface area contributed by atoms with Crippen LogP contribution in [0.2, 0.25) is 0 Å². The third-order valence-corrected chi connectivity index (χ3v) is 2.96. The van der Waals surface area contributed by atoms with E-state index in [9.17, 15) is 32.1 Å². The van der Waals surface area contributed by atoms with Gasteiger partial charge in [0, 0.05) is 10.7 Å². The predicted molar refractivity (Wildman–Crippen MR) is 51.7 cm³/mol. The van der Waals surface area contributed by atoms with E-state index < -0.39 is 42.2 Å². The van der Waals surface area contributed by atoms with E-state index in [0.29, 0.717) is 0 Å². The minimum atomic E-state index is -4.72. The summed E-state index contributed by atoms with van der Waals surface area (Å²) in [5.74, 6) is 0. The number of alkyl halides is 2. The lowest BCUT2D eigenvalue weighted by Gasteiger charge is -2.05. The van der Waals surface area contributed by atoms with E-state index in [1.807, 2.05) is 0 Å². The number of nitro groups is 1. The molecule has 0 atom stereocenters. The number of aromatic amines is 1. The molecule has 94 valence electrons. The molecule has 1 N–H and O–H groups in total. The number of nitrogens with zero attached hydrogens (tertiary/aromatic N) is 1. The number of H-pyrrole nitrogens is 1. The fourth-order valence-electron chi connectivity index (χ4n) is 1.09. The van der Waals surface area contributed by atoms with Gasteiger partial charge < -0.3 is 4.98 Å². The Morgan fingerprint density at radius 3 is 2.35 bits per heavy atom. The van der Waals surface area contributed by atoms with Gasteiger partial charge in [-0.15, -0.1) is 0 Å². The number of hydrogen-bond acceptors (Lipinski definition) is 5. The third kappa shape index (κ3) is 2.77. The van der Waals surface area contributed by atoms with Crippen molar-refractivity contribution < 1.29 is 22.1 Å². The predicted octanol–water partition coefficient (Wildman–Crippen LogP) is 1.15. The molecule has 0 radical (unpaired) electrons. The van der Waals surface area contributed by atoms with Crippen LogP contribution in [0.5, 0.6) is 0 Å². The first kappa shape index (κ1) is 13.5. The van der Waals surface area contributed by atoms with Gasteiger partial charge in [-0.1, -0.05) is 0 Å². The van der Waals surface area contributed by atoms with Crippen LogP contribution in [0.3, 0.4) is 0 Å². The van der Waals surface area contributed by atoms with Crippen LogP contribution in [0.1, 0.15) is 12.0 Å². The van der Waals surface area contributed by atoms with Gasteiger partial charge in [-0.2, -0.15) is 0 Å². The van der Waals surface area contributed by atoms with E-state index in [4.69, 9.17) is 10.7 Å². The Hall–Kier alpha value is -1.55. The van der Waals surface area contributed by atoms with Crippen LogP contribution in [-0.2, 0) is 9.05 Å². The van der Waals surface area contributed by atoms with Crippen LogP contribution in [-0.4, -0.2) is 18.3 Å². The minimum absolute atomic E-state index is 0.257. The second-order valence-electron chi connectivity index (χ2n) is 2.76. The maximum absolute atomic E-state index is 12.6. The normalized spacial score (nSPS) is 11.8. The Bertz CT molecular complexity index is 626. The van der Waals surface area contributed by atoms with Gasteiger partial charge in [0.25, 0.3) is 26.7 Å². The molecule has 1 aromatic heterocycles. The summed E-state index contributed by atoms with van der Waals surface area (Å²) in [4.78, 5) is 21.6. The van der Waals surface area contributed by atoms with Crippen LogP contribution in [0.15, 0.2) is 15.9 Å². The monoisotopic (exact) mass is 288 g/mol. The molecule has 0 amide bonds. The maximum atomic E-state index is 12.6. The third-order valence-electron chi connectivity index (χ3n) is 1.68. The molecule has 0 fully saturated rings. The highest BCUT2D eigenvalue weighted by Gasteiger charge is 2.32. The molecule has 1 heterocycles. The number of aromatic nitrogens is 1. The van der Waals surface area contributed by atoms with Crippen molar-refractivity contribution in [2.75, 3.05) is 0 Å². The van der Waals surface area contributed by atoms with E-state index in [1.54, 1.807) is 0 Å². The molecule has 11 heteroatoms. The zero-order chi connectivity index (χ0) is 13.4. The van der Waals surface area contributed by atoms with Crippen molar-refractivity contribution in [1.29, 1.82) is 0 Å². The summed E-state index contributed by atoms with van der Waals surface area (Å²) in [7, 11) is 0.0778. The second-order valence-corrected chi connectivity index (χ2v) is 5.26. The zero-order valence-electron chi connectivity index (χ0n) is 7.69. The van der Waals surface area contributed by atoms with Crippen molar-refractivity contribution in [3.63, 3.8) is 0 Å². The Morgan fingerprint density at radius 1 is 1.47 bits per heavy atom. The van der Waals surface area contributed by atoms with Crippen molar-refractivity contribution in [2.24, 2.45) is 0 Å². The molecule has 1 rings (SSSR count). The second kappa shape index (κ2) is 4.37. The lowest BCUT2D eigenvalue weighted by atomic mass is 10.2. The standard InChI is InChI=1S/C6H3ClF2N2O5S/c7-17(15,16)6-4(5(8)9)2(11(13)14)1-3(12)10-6/h1,5H,(H,10,12). The molecule has 7 nitrogen and oxygen atoms in total. The molecule has 0 saturated carbocycles. The fraction of sp³-hybridized carbons (Fsp3) is 0.167. The van der Waals surface area contributed by atoms with Gasteiger partial charge >= 0.3 is 0 Å². The van der Waals surface area contributed by atoms with Crippen molar-refractivity contribution in [3.8, 4) is 0 Å². The number of halogens is 3. The van der Waals surface area contributed by atoms with Crippen molar-refractivity contribution in [2.45, 2.75) is 11.5 Å². The summed E-state index contributed by atoms with van der Waals surface area (Å²) in [6, 6.07) is 0.257. The van der Waals surface area contributed by atoms with E-state index >= 15 is 0 Å². The average Bonchev–Trinajstić information content (AvgIpc) is 2.14. The summed E-state index contributed by atoms with van der Waals surface area (Å²) < 4.78 is 47.0. The molecular weight excluding hydrogens is 286 g/mol. The topological polar surface area (TPSA) is 110 Å².